The van der Waals surface area contributed by atoms with Gasteiger partial charge in [0.25, 0.3) is 0 Å². The Morgan fingerprint density at radius 2 is 1.14 bits per heavy atom. The summed E-state index contributed by atoms with van der Waals surface area (Å²) in [5, 5.41) is 5.54. The van der Waals surface area contributed by atoms with Crippen molar-refractivity contribution in [3.05, 3.63) is 60.4 Å². The molecule has 4 heterocycles. The van der Waals surface area contributed by atoms with Crippen molar-refractivity contribution in [1.82, 2.24) is 40.4 Å². The molecule has 3 aliphatic rings. The first-order valence-electron chi connectivity index (χ1n) is 23.0. The summed E-state index contributed by atoms with van der Waals surface area (Å²) in [5.41, 5.74) is 4.76. The average molecular weight is 913 g/mol. The summed E-state index contributed by atoms with van der Waals surface area (Å²) in [5.74, 6) is 2.18. The molecule has 4 amide bonds. The molecule has 4 aromatic rings. The number of methoxy groups -OCH3 is 4. The van der Waals surface area contributed by atoms with Crippen LogP contribution >= 0.6 is 0 Å². The molecule has 7 rings (SSSR count). The van der Waals surface area contributed by atoms with Crippen LogP contribution in [-0.2, 0) is 28.5 Å². The molecule has 18 nitrogen and oxygen atoms in total. The Kier molecular flexibility index (Phi) is 16.2. The first-order chi connectivity index (χ1) is 32.0. The summed E-state index contributed by atoms with van der Waals surface area (Å²) in [6.07, 6.45) is 9.21. The lowest BCUT2D eigenvalue weighted by Crippen LogP contribution is -2.51. The van der Waals surface area contributed by atoms with Crippen LogP contribution in [0.2, 0.25) is 0 Å². The molecule has 2 aliphatic heterocycles. The predicted octanol–water partition coefficient (Wildman–Crippen LogP) is 6.81. The molecule has 1 aliphatic carbocycles. The number of hydrogen-bond acceptors (Lipinski definition) is 12. The van der Waals surface area contributed by atoms with Gasteiger partial charge in [-0.1, -0.05) is 38.8 Å². The second kappa shape index (κ2) is 22.4. The van der Waals surface area contributed by atoms with Crippen LogP contribution in [-0.4, -0.2) is 134 Å². The molecule has 1 saturated carbocycles. The SMILES string of the molecule is COCCOc1cc(-c2cnc([C@@H]3CCCN3C(=O)[C@@H](NC(=O)OC)C(C)C)[nH]2)ccc1-c1ccc(-c2cnc([C@@H]3CCCN3C(=O)[C@@H](NC(=O)OC)C3CCCC3)[nH]2)cc1OCCOC. The lowest BCUT2D eigenvalue weighted by molar-refractivity contribution is -0.136. The summed E-state index contributed by atoms with van der Waals surface area (Å²) >= 11 is 0. The van der Waals surface area contributed by atoms with Crippen LogP contribution < -0.4 is 20.1 Å². The number of carbonyl (C=O) groups excluding carboxylic acids is 4. The number of nitrogens with zero attached hydrogens (tertiary/aromatic N) is 4. The van der Waals surface area contributed by atoms with E-state index in [2.05, 4.69) is 20.6 Å². The number of alkyl carbamates (subject to hydrolysis) is 2. The summed E-state index contributed by atoms with van der Waals surface area (Å²) in [6, 6.07) is 9.94. The topological polar surface area (TPSA) is 212 Å². The number of rotatable bonds is 19. The standard InChI is InChI=1S/C48H64N8O10/c1-29(2)41(53-47(59)63-5)45(57)55-19-9-13-37(55)43-49-27-35(51-43)31-15-17-33(39(25-31)65-23-21-61-3)34-18-16-32(26-40(34)66-24-22-62-4)36-28-50-44(52-36)38-14-10-20-56(38)46(58)42(54-48(60)64-6)30-11-7-8-12-30/h15-18,25-30,37-38,41-42H,7-14,19-24H2,1-6H3,(H,49,51)(H,50,52)(H,53,59)(H,54,60)/t37-,38-,41-,42-/m0/s1. The lowest BCUT2D eigenvalue weighted by Gasteiger charge is -2.31. The van der Waals surface area contributed by atoms with Crippen molar-refractivity contribution in [1.29, 1.82) is 0 Å². The number of benzene rings is 2. The molecule has 0 bridgehead atoms. The van der Waals surface area contributed by atoms with Gasteiger partial charge in [0.2, 0.25) is 11.8 Å². The van der Waals surface area contributed by atoms with E-state index < -0.39 is 24.3 Å². The van der Waals surface area contributed by atoms with Crippen LogP contribution in [0.5, 0.6) is 11.5 Å². The van der Waals surface area contributed by atoms with Crippen LogP contribution in [0.4, 0.5) is 9.59 Å². The first kappa shape index (κ1) is 47.8. The largest absolute Gasteiger partial charge is 0.491 e. The Bertz CT molecular complexity index is 2290. The van der Waals surface area contributed by atoms with Crippen molar-refractivity contribution in [3.63, 3.8) is 0 Å². The summed E-state index contributed by atoms with van der Waals surface area (Å²) < 4.78 is 33.2. The number of aromatic amines is 2. The van der Waals surface area contributed by atoms with Crippen molar-refractivity contribution < 1.29 is 47.6 Å². The third-order valence-corrected chi connectivity index (χ3v) is 12.8. The van der Waals surface area contributed by atoms with Crippen LogP contribution in [0.25, 0.3) is 33.6 Å². The molecule has 3 fully saturated rings. The fourth-order valence-electron chi connectivity index (χ4n) is 9.38. The number of nitrogens with one attached hydrogen (secondary N) is 4. The molecule has 0 radical (unpaired) electrons. The van der Waals surface area contributed by atoms with Crippen LogP contribution in [0, 0.1) is 11.8 Å². The maximum absolute atomic E-state index is 14.1. The number of imidazole rings is 2. The molecule has 4 N–H and O–H groups in total. The molecule has 66 heavy (non-hydrogen) atoms. The minimum Gasteiger partial charge on any atom is -0.491 e. The Morgan fingerprint density at radius 3 is 1.61 bits per heavy atom. The molecule has 2 aromatic carbocycles. The fourth-order valence-corrected chi connectivity index (χ4v) is 9.38. The zero-order valence-corrected chi connectivity index (χ0v) is 38.9. The van der Waals surface area contributed by atoms with Crippen LogP contribution in [0.3, 0.4) is 0 Å². The van der Waals surface area contributed by atoms with E-state index >= 15 is 0 Å². The van der Waals surface area contributed by atoms with Crippen molar-refractivity contribution in [2.24, 2.45) is 11.8 Å². The minimum atomic E-state index is -0.737. The number of carbonyl (C=O) groups is 4. The number of aromatic nitrogens is 4. The fraction of sp³-hybridized carbons (Fsp3) is 0.542. The van der Waals surface area contributed by atoms with E-state index in [-0.39, 0.29) is 35.7 Å². The van der Waals surface area contributed by atoms with Gasteiger partial charge in [-0.2, -0.15) is 0 Å². The molecule has 356 valence electrons. The van der Waals surface area contributed by atoms with Gasteiger partial charge in [-0.25, -0.2) is 19.6 Å². The predicted molar refractivity (Wildman–Crippen MR) is 245 cm³/mol. The van der Waals surface area contributed by atoms with Gasteiger partial charge >= 0.3 is 12.2 Å². The van der Waals surface area contributed by atoms with Gasteiger partial charge < -0.3 is 58.8 Å². The second-order valence-corrected chi connectivity index (χ2v) is 17.4. The minimum absolute atomic E-state index is 0.0648. The van der Waals surface area contributed by atoms with E-state index in [0.717, 1.165) is 85.0 Å². The molecule has 2 saturated heterocycles. The van der Waals surface area contributed by atoms with E-state index in [9.17, 15) is 19.2 Å². The maximum atomic E-state index is 14.1. The van der Waals surface area contributed by atoms with Crippen LogP contribution in [0.15, 0.2) is 48.8 Å². The lowest BCUT2D eigenvalue weighted by atomic mass is 9.96. The molecule has 2 aromatic heterocycles. The molecule has 0 unspecified atom stereocenters. The molecular formula is C48H64N8O10. The highest BCUT2D eigenvalue weighted by Gasteiger charge is 2.41. The molecule has 0 spiro atoms. The Balaban J connectivity index is 1.15. The van der Waals surface area contributed by atoms with E-state index in [1.165, 1.54) is 14.2 Å². The third kappa shape index (κ3) is 10.9. The van der Waals surface area contributed by atoms with Gasteiger partial charge in [0.05, 0.1) is 63.3 Å². The monoisotopic (exact) mass is 912 g/mol. The van der Waals surface area contributed by atoms with Crippen molar-refractivity contribution in [2.75, 3.05) is 68.0 Å². The van der Waals surface area contributed by atoms with E-state index in [1.54, 1.807) is 31.5 Å². The van der Waals surface area contributed by atoms with Gasteiger partial charge in [-0.15, -0.1) is 0 Å². The smallest absolute Gasteiger partial charge is 0.407 e. The van der Waals surface area contributed by atoms with E-state index in [0.29, 0.717) is 62.7 Å². The van der Waals surface area contributed by atoms with Gasteiger partial charge in [0, 0.05) is 49.6 Å². The highest BCUT2D eigenvalue weighted by Crippen LogP contribution is 2.42. The maximum Gasteiger partial charge on any atom is 0.407 e. The molecule has 4 atom stereocenters. The summed E-state index contributed by atoms with van der Waals surface area (Å²) in [6.45, 7) is 6.24. The molecular weight excluding hydrogens is 849 g/mol. The average Bonchev–Trinajstić information content (AvgIpc) is 4.19. The number of ether oxygens (including phenoxy) is 6. The number of likely N-dealkylation sites (tertiary alicyclic amines) is 2. The zero-order valence-electron chi connectivity index (χ0n) is 38.9. The number of H-pyrrole nitrogens is 2. The Hall–Kier alpha value is -6.14. The first-order valence-corrected chi connectivity index (χ1v) is 23.0. The quantitative estimate of drug-likeness (QED) is 0.0716. The van der Waals surface area contributed by atoms with Crippen molar-refractivity contribution >= 4 is 24.0 Å². The van der Waals surface area contributed by atoms with Gasteiger partial charge in [-0.05, 0) is 74.6 Å². The van der Waals surface area contributed by atoms with E-state index in [4.69, 9.17) is 38.4 Å². The third-order valence-electron chi connectivity index (χ3n) is 12.8. The number of hydrogen-bond donors (Lipinski definition) is 4. The summed E-state index contributed by atoms with van der Waals surface area (Å²) in [7, 11) is 5.84. The highest BCUT2D eigenvalue weighted by molar-refractivity contribution is 5.87. The van der Waals surface area contributed by atoms with Crippen molar-refractivity contribution in [3.8, 4) is 45.1 Å². The van der Waals surface area contributed by atoms with Crippen LogP contribution in [0.1, 0.15) is 88.9 Å². The van der Waals surface area contributed by atoms with E-state index in [1.807, 2.05) is 55.1 Å². The number of amides is 4. The van der Waals surface area contributed by atoms with Gasteiger partial charge in [0.15, 0.2) is 0 Å². The Labute approximate surface area is 385 Å². The second-order valence-electron chi connectivity index (χ2n) is 17.4. The Morgan fingerprint density at radius 1 is 0.652 bits per heavy atom. The van der Waals surface area contributed by atoms with Gasteiger partial charge in [0.1, 0.15) is 48.4 Å². The normalized spacial score (nSPS) is 18.3. The molecule has 18 heteroatoms. The zero-order chi connectivity index (χ0) is 46.7. The van der Waals surface area contributed by atoms with Gasteiger partial charge in [-0.3, -0.25) is 9.59 Å². The summed E-state index contributed by atoms with van der Waals surface area (Å²) in [4.78, 5) is 72.5. The van der Waals surface area contributed by atoms with Crippen molar-refractivity contribution in [2.45, 2.75) is 89.4 Å². The highest BCUT2D eigenvalue weighted by atomic mass is 16.5.